The van der Waals surface area contributed by atoms with E-state index >= 15 is 0 Å². The molecule has 2 rings (SSSR count). The molecular formula is C18H18N2O5. The Morgan fingerprint density at radius 1 is 1.00 bits per heavy atom. The first-order chi connectivity index (χ1) is 12.0. The number of methoxy groups -OCH3 is 1. The minimum absolute atomic E-state index is 0.200. The summed E-state index contributed by atoms with van der Waals surface area (Å²) in [6.45, 7) is 1.15. The maximum atomic E-state index is 12.1. The molecule has 0 spiro atoms. The van der Waals surface area contributed by atoms with Crippen LogP contribution >= 0.6 is 0 Å². The highest BCUT2D eigenvalue weighted by Gasteiger charge is 2.13. The van der Waals surface area contributed by atoms with Gasteiger partial charge in [0.05, 0.1) is 18.4 Å². The number of para-hydroxylation sites is 1. The molecule has 2 amide bonds. The van der Waals surface area contributed by atoms with E-state index in [4.69, 9.17) is 4.74 Å². The van der Waals surface area contributed by atoms with Gasteiger partial charge in [0.2, 0.25) is 5.91 Å². The zero-order valence-electron chi connectivity index (χ0n) is 13.9. The lowest BCUT2D eigenvalue weighted by molar-refractivity contribution is -0.118. The Hall–Kier alpha value is -3.35. The van der Waals surface area contributed by atoms with Crippen LogP contribution in [0.4, 0.5) is 11.4 Å². The van der Waals surface area contributed by atoms with Crippen LogP contribution in [-0.4, -0.2) is 31.5 Å². The molecule has 0 unspecified atom stereocenters. The minimum Gasteiger partial charge on any atom is -0.484 e. The molecule has 0 saturated carbocycles. The highest BCUT2D eigenvalue weighted by Crippen LogP contribution is 2.18. The number of benzene rings is 2. The molecule has 2 aromatic rings. The number of esters is 1. The first-order valence-corrected chi connectivity index (χ1v) is 7.47. The summed E-state index contributed by atoms with van der Waals surface area (Å²) in [6.07, 6.45) is 0. The summed E-state index contributed by atoms with van der Waals surface area (Å²) in [7, 11) is 1.27. The fraction of sp³-hybridized carbons (Fsp3) is 0.167. The van der Waals surface area contributed by atoms with Gasteiger partial charge in [0.1, 0.15) is 5.75 Å². The zero-order chi connectivity index (χ0) is 18.2. The molecule has 2 aromatic carbocycles. The van der Waals surface area contributed by atoms with Crippen LogP contribution in [0.1, 0.15) is 17.3 Å². The van der Waals surface area contributed by atoms with Gasteiger partial charge in [-0.2, -0.15) is 0 Å². The maximum Gasteiger partial charge on any atom is 0.339 e. The van der Waals surface area contributed by atoms with E-state index in [1.807, 2.05) is 0 Å². The highest BCUT2D eigenvalue weighted by molar-refractivity contribution is 6.01. The number of carbonyl (C=O) groups excluding carboxylic acids is 3. The Kier molecular flexibility index (Phi) is 6.11. The summed E-state index contributed by atoms with van der Waals surface area (Å²) in [4.78, 5) is 34.8. The average molecular weight is 342 g/mol. The van der Waals surface area contributed by atoms with Crippen molar-refractivity contribution in [1.29, 1.82) is 0 Å². The molecule has 0 aliphatic rings. The Bertz CT molecular complexity index is 789. The molecule has 0 saturated heterocycles. The largest absolute Gasteiger partial charge is 0.484 e. The molecule has 2 N–H and O–H groups in total. The number of ether oxygens (including phenoxy) is 2. The molecule has 25 heavy (non-hydrogen) atoms. The van der Waals surface area contributed by atoms with Crippen LogP contribution in [0.15, 0.2) is 48.5 Å². The van der Waals surface area contributed by atoms with Crippen molar-refractivity contribution < 1.29 is 23.9 Å². The van der Waals surface area contributed by atoms with Crippen LogP contribution in [0.25, 0.3) is 0 Å². The maximum absolute atomic E-state index is 12.1. The van der Waals surface area contributed by atoms with Crippen LogP contribution in [-0.2, 0) is 14.3 Å². The van der Waals surface area contributed by atoms with E-state index in [2.05, 4.69) is 15.4 Å². The Labute approximate surface area is 144 Å². The van der Waals surface area contributed by atoms with Gasteiger partial charge in [-0.3, -0.25) is 9.59 Å². The van der Waals surface area contributed by atoms with Gasteiger partial charge in [-0.25, -0.2) is 4.79 Å². The Balaban J connectivity index is 1.98. The summed E-state index contributed by atoms with van der Waals surface area (Å²) in [5, 5.41) is 5.24. The van der Waals surface area contributed by atoms with Gasteiger partial charge in [0.25, 0.3) is 5.91 Å². The second-order valence-electron chi connectivity index (χ2n) is 5.08. The van der Waals surface area contributed by atoms with E-state index in [0.717, 1.165) is 0 Å². The van der Waals surface area contributed by atoms with Crippen LogP contribution < -0.4 is 15.4 Å². The van der Waals surface area contributed by atoms with E-state index in [-0.39, 0.29) is 18.1 Å². The zero-order valence-corrected chi connectivity index (χ0v) is 13.9. The van der Waals surface area contributed by atoms with Gasteiger partial charge in [-0.1, -0.05) is 18.2 Å². The molecule has 0 heterocycles. The molecule has 7 heteroatoms. The van der Waals surface area contributed by atoms with E-state index in [0.29, 0.717) is 17.1 Å². The molecule has 0 aliphatic heterocycles. The average Bonchev–Trinajstić information content (AvgIpc) is 2.59. The van der Waals surface area contributed by atoms with Crippen molar-refractivity contribution in [3.05, 3.63) is 54.1 Å². The van der Waals surface area contributed by atoms with Gasteiger partial charge < -0.3 is 20.1 Å². The van der Waals surface area contributed by atoms with Gasteiger partial charge in [0, 0.05) is 18.7 Å². The molecule has 0 radical (unpaired) electrons. The van der Waals surface area contributed by atoms with E-state index in [9.17, 15) is 14.4 Å². The third kappa shape index (κ3) is 5.35. The normalized spacial score (nSPS) is 9.84. The van der Waals surface area contributed by atoms with Crippen molar-refractivity contribution in [1.82, 2.24) is 0 Å². The monoisotopic (exact) mass is 342 g/mol. The number of hydrogen-bond acceptors (Lipinski definition) is 5. The van der Waals surface area contributed by atoms with Crippen molar-refractivity contribution >= 4 is 29.2 Å². The van der Waals surface area contributed by atoms with E-state index < -0.39 is 11.9 Å². The number of nitrogens with one attached hydrogen (secondary N) is 2. The molecule has 130 valence electrons. The highest BCUT2D eigenvalue weighted by atomic mass is 16.5. The second-order valence-corrected chi connectivity index (χ2v) is 5.08. The number of carbonyl (C=O) groups is 3. The molecule has 7 nitrogen and oxygen atoms in total. The van der Waals surface area contributed by atoms with Crippen LogP contribution in [0.3, 0.4) is 0 Å². The second kappa shape index (κ2) is 8.49. The summed E-state index contributed by atoms with van der Waals surface area (Å²) >= 11 is 0. The molecular weight excluding hydrogens is 324 g/mol. The van der Waals surface area contributed by atoms with Gasteiger partial charge >= 0.3 is 5.97 Å². The van der Waals surface area contributed by atoms with Gasteiger partial charge in [-0.05, 0) is 24.3 Å². The Morgan fingerprint density at radius 3 is 2.48 bits per heavy atom. The van der Waals surface area contributed by atoms with Crippen LogP contribution in [0.2, 0.25) is 0 Å². The number of anilines is 2. The summed E-state index contributed by atoms with van der Waals surface area (Å²) < 4.78 is 10.1. The first kappa shape index (κ1) is 18.0. The molecule has 0 aromatic heterocycles. The minimum atomic E-state index is -0.542. The quantitative estimate of drug-likeness (QED) is 0.787. The predicted octanol–water partition coefficient (Wildman–Crippen LogP) is 2.45. The molecule has 0 aliphatic carbocycles. The first-order valence-electron chi connectivity index (χ1n) is 7.47. The van der Waals surface area contributed by atoms with E-state index in [1.54, 1.807) is 48.5 Å². The summed E-state index contributed by atoms with van der Waals surface area (Å²) in [5.41, 5.74) is 1.17. The smallest absolute Gasteiger partial charge is 0.339 e. The van der Waals surface area contributed by atoms with Crippen molar-refractivity contribution in [2.24, 2.45) is 0 Å². The fourth-order valence-corrected chi connectivity index (χ4v) is 2.08. The molecule has 0 fully saturated rings. The standard InChI is InChI=1S/C18H18N2O5/c1-12(21)19-13-6-5-7-14(10-13)25-11-17(22)20-16-9-4-3-8-15(16)18(23)24-2/h3-10H,11H2,1-2H3,(H,19,21)(H,20,22). The Morgan fingerprint density at radius 2 is 1.76 bits per heavy atom. The summed E-state index contributed by atoms with van der Waals surface area (Å²) in [6, 6.07) is 13.2. The third-order valence-electron chi connectivity index (χ3n) is 3.13. The summed E-state index contributed by atoms with van der Waals surface area (Å²) in [5.74, 6) is -0.738. The van der Waals surface area contributed by atoms with Crippen LogP contribution in [0.5, 0.6) is 5.75 Å². The van der Waals surface area contributed by atoms with Crippen molar-refractivity contribution in [2.45, 2.75) is 6.92 Å². The lowest BCUT2D eigenvalue weighted by Crippen LogP contribution is -2.21. The van der Waals surface area contributed by atoms with Crippen molar-refractivity contribution in [3.8, 4) is 5.75 Å². The molecule has 0 atom stereocenters. The number of hydrogen-bond donors (Lipinski definition) is 2. The third-order valence-corrected chi connectivity index (χ3v) is 3.13. The predicted molar refractivity (Wildman–Crippen MR) is 92.7 cm³/mol. The van der Waals surface area contributed by atoms with E-state index in [1.165, 1.54) is 14.0 Å². The van der Waals surface area contributed by atoms with Crippen LogP contribution in [0, 0.1) is 0 Å². The number of amides is 2. The lowest BCUT2D eigenvalue weighted by atomic mass is 10.2. The SMILES string of the molecule is COC(=O)c1ccccc1NC(=O)COc1cccc(NC(C)=O)c1. The fourth-order valence-electron chi connectivity index (χ4n) is 2.08. The van der Waals surface area contributed by atoms with Crippen molar-refractivity contribution in [2.75, 3.05) is 24.4 Å². The lowest BCUT2D eigenvalue weighted by Gasteiger charge is -2.11. The van der Waals surface area contributed by atoms with Gasteiger partial charge in [0.15, 0.2) is 6.61 Å². The molecule has 0 bridgehead atoms. The van der Waals surface area contributed by atoms with Crippen molar-refractivity contribution in [3.63, 3.8) is 0 Å². The topological polar surface area (TPSA) is 93.7 Å². The number of rotatable bonds is 6. The van der Waals surface area contributed by atoms with Gasteiger partial charge in [-0.15, -0.1) is 0 Å².